The first-order valence-corrected chi connectivity index (χ1v) is 13.0. The minimum absolute atomic E-state index is 0.0275. The average molecular weight is 487 g/mol. The topological polar surface area (TPSA) is 87.2 Å². The van der Waals surface area contributed by atoms with Gasteiger partial charge in [-0.05, 0) is 31.2 Å². The van der Waals surface area contributed by atoms with Crippen LogP contribution in [0.2, 0.25) is 0 Å². The Morgan fingerprint density at radius 3 is 2.74 bits per heavy atom. The number of likely N-dealkylation sites (tertiary alicyclic amines) is 1. The maximum atomic E-state index is 14.2. The number of hydrogen-bond donors (Lipinski definition) is 1. The quantitative estimate of drug-likeness (QED) is 0.404. The van der Waals surface area contributed by atoms with Gasteiger partial charge in [0.05, 0.1) is 23.2 Å². The van der Waals surface area contributed by atoms with Crippen molar-refractivity contribution in [2.75, 3.05) is 26.3 Å². The first-order chi connectivity index (χ1) is 16.4. The summed E-state index contributed by atoms with van der Waals surface area (Å²) in [6, 6.07) is 9.07. The van der Waals surface area contributed by atoms with E-state index in [0.717, 1.165) is 12.0 Å². The fourth-order valence-corrected chi connectivity index (χ4v) is 8.56. The van der Waals surface area contributed by atoms with E-state index in [9.17, 15) is 19.5 Å². The SMILES string of the molecule is C=CCN(Cc1ccccc1)C(=O)C1N(CCCO)C(=O)[C@@H]2[C@H](C(=O)OCC)[C@@H]3CC(C)C12S3. The highest BCUT2D eigenvalue weighted by atomic mass is 32.2. The lowest BCUT2D eigenvalue weighted by Gasteiger charge is -2.40. The molecule has 0 aliphatic carbocycles. The van der Waals surface area contributed by atoms with E-state index in [2.05, 4.69) is 13.5 Å². The minimum Gasteiger partial charge on any atom is -0.466 e. The highest BCUT2D eigenvalue weighted by Crippen LogP contribution is 2.68. The minimum atomic E-state index is -0.690. The van der Waals surface area contributed by atoms with Gasteiger partial charge in [-0.2, -0.15) is 0 Å². The zero-order valence-corrected chi connectivity index (χ0v) is 20.7. The Morgan fingerprint density at radius 1 is 1.35 bits per heavy atom. The van der Waals surface area contributed by atoms with Gasteiger partial charge >= 0.3 is 5.97 Å². The number of amides is 2. The zero-order valence-electron chi connectivity index (χ0n) is 19.9. The second-order valence-corrected chi connectivity index (χ2v) is 11.0. The first-order valence-electron chi connectivity index (χ1n) is 12.1. The van der Waals surface area contributed by atoms with Crippen LogP contribution < -0.4 is 0 Å². The lowest BCUT2D eigenvalue weighted by molar-refractivity contribution is -0.154. The van der Waals surface area contributed by atoms with Gasteiger partial charge in [0.25, 0.3) is 0 Å². The van der Waals surface area contributed by atoms with E-state index in [0.29, 0.717) is 19.5 Å². The van der Waals surface area contributed by atoms with Crippen molar-refractivity contribution >= 4 is 29.5 Å². The lowest BCUT2D eigenvalue weighted by atomic mass is 9.66. The third-order valence-electron chi connectivity index (χ3n) is 7.47. The third kappa shape index (κ3) is 3.94. The van der Waals surface area contributed by atoms with Crippen LogP contribution in [0.4, 0.5) is 0 Å². The number of hydrogen-bond acceptors (Lipinski definition) is 6. The lowest BCUT2D eigenvalue weighted by Crippen LogP contribution is -2.57. The molecule has 0 aromatic heterocycles. The largest absolute Gasteiger partial charge is 0.466 e. The molecule has 6 atom stereocenters. The molecule has 4 rings (SSSR count). The molecule has 3 saturated heterocycles. The second-order valence-electron chi connectivity index (χ2n) is 9.41. The van der Waals surface area contributed by atoms with Crippen molar-refractivity contribution in [1.29, 1.82) is 0 Å². The highest BCUT2D eigenvalue weighted by Gasteiger charge is 2.76. The van der Waals surface area contributed by atoms with Crippen LogP contribution in [0.5, 0.6) is 0 Å². The molecule has 1 N–H and O–H groups in total. The standard InChI is InChI=1S/C26H34N2O5S/c1-4-12-27(16-18-10-7-6-8-11-18)24(31)22-26-17(3)15-19(34-26)20(25(32)33-5-2)21(26)23(30)28(22)13-9-14-29/h4,6-8,10-11,17,19-22,29H,1,5,9,12-16H2,2-3H3/t17?,19-,20+,21-,22?,26?/m0/s1. The van der Waals surface area contributed by atoms with Crippen LogP contribution in [-0.4, -0.2) is 75.0 Å². The average Bonchev–Trinajstić information content (AvgIpc) is 3.41. The van der Waals surface area contributed by atoms with E-state index in [1.165, 1.54) is 0 Å². The van der Waals surface area contributed by atoms with Crippen molar-refractivity contribution < 1.29 is 24.2 Å². The molecule has 3 fully saturated rings. The Labute approximate surface area is 205 Å². The molecule has 184 valence electrons. The van der Waals surface area contributed by atoms with Crippen LogP contribution in [0.3, 0.4) is 0 Å². The molecule has 3 aliphatic heterocycles. The fourth-order valence-electron chi connectivity index (χ4n) is 6.15. The summed E-state index contributed by atoms with van der Waals surface area (Å²) >= 11 is 1.64. The number of nitrogens with zero attached hydrogens (tertiary/aromatic N) is 2. The Kier molecular flexibility index (Phi) is 7.38. The van der Waals surface area contributed by atoms with Crippen LogP contribution >= 0.6 is 11.8 Å². The highest BCUT2D eigenvalue weighted by molar-refractivity contribution is 8.02. The maximum Gasteiger partial charge on any atom is 0.310 e. The van der Waals surface area contributed by atoms with Crippen LogP contribution in [0.1, 0.15) is 32.3 Å². The molecule has 8 heteroatoms. The number of fused-ring (bicyclic) bond motifs is 1. The third-order valence-corrected chi connectivity index (χ3v) is 9.55. The van der Waals surface area contributed by atoms with Gasteiger partial charge < -0.3 is 19.6 Å². The molecule has 34 heavy (non-hydrogen) atoms. The van der Waals surface area contributed by atoms with Crippen LogP contribution in [0.25, 0.3) is 0 Å². The first kappa shape index (κ1) is 24.8. The van der Waals surface area contributed by atoms with Gasteiger partial charge in [-0.15, -0.1) is 18.3 Å². The summed E-state index contributed by atoms with van der Waals surface area (Å²) in [5, 5.41) is 9.47. The van der Waals surface area contributed by atoms with Crippen molar-refractivity contribution in [2.24, 2.45) is 17.8 Å². The predicted molar refractivity (Wildman–Crippen MR) is 131 cm³/mol. The molecule has 2 bridgehead atoms. The van der Waals surface area contributed by atoms with E-state index >= 15 is 0 Å². The number of benzene rings is 1. The van der Waals surface area contributed by atoms with Crippen LogP contribution in [0.15, 0.2) is 43.0 Å². The van der Waals surface area contributed by atoms with Gasteiger partial charge in [0.15, 0.2) is 0 Å². The van der Waals surface area contributed by atoms with Crippen molar-refractivity contribution in [3.8, 4) is 0 Å². The zero-order chi connectivity index (χ0) is 24.5. The summed E-state index contributed by atoms with van der Waals surface area (Å²) in [6.45, 7) is 8.95. The maximum absolute atomic E-state index is 14.2. The molecule has 1 spiro atoms. The second kappa shape index (κ2) is 10.1. The molecular formula is C26H34N2O5S. The summed E-state index contributed by atoms with van der Waals surface area (Å²) in [5.74, 6) is -1.65. The van der Waals surface area contributed by atoms with Crippen molar-refractivity contribution in [3.63, 3.8) is 0 Å². The smallest absolute Gasteiger partial charge is 0.310 e. The van der Waals surface area contributed by atoms with Crippen LogP contribution in [-0.2, 0) is 25.7 Å². The summed E-state index contributed by atoms with van der Waals surface area (Å²) < 4.78 is 4.69. The number of aliphatic hydroxyl groups is 1. The van der Waals surface area contributed by atoms with Gasteiger partial charge in [-0.1, -0.05) is 43.3 Å². The molecular weight excluding hydrogens is 452 g/mol. The molecule has 0 saturated carbocycles. The number of ether oxygens (including phenoxy) is 1. The van der Waals surface area contributed by atoms with Gasteiger partial charge in [0, 0.05) is 31.5 Å². The van der Waals surface area contributed by atoms with Gasteiger partial charge in [0.1, 0.15) is 6.04 Å². The van der Waals surface area contributed by atoms with E-state index in [-0.39, 0.29) is 48.7 Å². The summed E-state index contributed by atoms with van der Waals surface area (Å²) in [4.78, 5) is 44.4. The van der Waals surface area contributed by atoms with Gasteiger partial charge in [-0.3, -0.25) is 14.4 Å². The number of rotatable bonds is 10. The Hall–Kier alpha value is -2.32. The summed E-state index contributed by atoms with van der Waals surface area (Å²) in [6.07, 6.45) is 2.86. The van der Waals surface area contributed by atoms with E-state index < -0.39 is 22.6 Å². The molecule has 1 aromatic rings. The predicted octanol–water partition coefficient (Wildman–Crippen LogP) is 2.48. The normalized spacial score (nSPS) is 31.4. The molecule has 0 radical (unpaired) electrons. The van der Waals surface area contributed by atoms with E-state index in [1.54, 1.807) is 34.6 Å². The Bertz CT molecular complexity index is 940. The number of carbonyl (C=O) groups excluding carboxylic acids is 3. The summed E-state index contributed by atoms with van der Waals surface area (Å²) in [5.41, 5.74) is 0.999. The number of thioether (sulfide) groups is 1. The van der Waals surface area contributed by atoms with E-state index in [1.807, 2.05) is 30.3 Å². The van der Waals surface area contributed by atoms with Crippen LogP contribution in [0, 0.1) is 17.8 Å². The number of aliphatic hydroxyl groups excluding tert-OH is 1. The molecule has 7 nitrogen and oxygen atoms in total. The monoisotopic (exact) mass is 486 g/mol. The number of carbonyl (C=O) groups is 3. The van der Waals surface area contributed by atoms with Crippen molar-refractivity contribution in [3.05, 3.63) is 48.6 Å². The Morgan fingerprint density at radius 2 is 2.09 bits per heavy atom. The molecule has 3 heterocycles. The van der Waals surface area contributed by atoms with Gasteiger partial charge in [0.2, 0.25) is 11.8 Å². The van der Waals surface area contributed by atoms with Crippen molar-refractivity contribution in [1.82, 2.24) is 9.80 Å². The number of esters is 1. The fraction of sp³-hybridized carbons (Fsp3) is 0.577. The molecule has 3 unspecified atom stereocenters. The molecule has 1 aromatic carbocycles. The molecule has 2 amide bonds. The van der Waals surface area contributed by atoms with E-state index in [4.69, 9.17) is 4.74 Å². The summed E-state index contributed by atoms with van der Waals surface area (Å²) in [7, 11) is 0. The van der Waals surface area contributed by atoms with Gasteiger partial charge in [-0.25, -0.2) is 0 Å². The van der Waals surface area contributed by atoms with Crippen molar-refractivity contribution in [2.45, 2.75) is 49.3 Å². The molecule has 3 aliphatic rings. The Balaban J connectivity index is 1.73.